The van der Waals surface area contributed by atoms with Crippen LogP contribution in [0.5, 0.6) is 0 Å². The topological polar surface area (TPSA) is 29.1 Å². The van der Waals surface area contributed by atoms with Crippen molar-refractivity contribution in [1.82, 2.24) is 5.32 Å². The lowest BCUT2D eigenvalue weighted by atomic mass is 9.67. The van der Waals surface area contributed by atoms with Gasteiger partial charge in [-0.3, -0.25) is 4.79 Å². The van der Waals surface area contributed by atoms with Crippen LogP contribution >= 0.6 is 46.7 Å². The van der Waals surface area contributed by atoms with Gasteiger partial charge < -0.3 is 5.32 Å². The van der Waals surface area contributed by atoms with E-state index in [0.29, 0.717) is 32.5 Å². The number of halogens is 2. The molecule has 2 nitrogen and oxygen atoms in total. The Hall–Kier alpha value is -0.0300. The van der Waals surface area contributed by atoms with Gasteiger partial charge in [-0.15, -0.1) is 23.5 Å². The van der Waals surface area contributed by atoms with Crippen molar-refractivity contribution in [2.24, 2.45) is 17.8 Å². The Morgan fingerprint density at radius 2 is 1.84 bits per heavy atom. The lowest BCUT2D eigenvalue weighted by molar-refractivity contribution is -0.127. The average molecular weight is 416 g/mol. The fourth-order valence-electron chi connectivity index (χ4n) is 4.81. The van der Waals surface area contributed by atoms with Crippen molar-refractivity contribution in [3.63, 3.8) is 0 Å². The number of rotatable bonds is 3. The smallest absolute Gasteiger partial charge is 0.223 e. The summed E-state index contributed by atoms with van der Waals surface area (Å²) in [7, 11) is 0. The molecule has 0 radical (unpaired) electrons. The highest BCUT2D eigenvalue weighted by molar-refractivity contribution is 8.21. The van der Waals surface area contributed by atoms with E-state index in [9.17, 15) is 4.79 Å². The van der Waals surface area contributed by atoms with Gasteiger partial charge in [0.25, 0.3) is 0 Å². The van der Waals surface area contributed by atoms with Crippen LogP contribution in [0.4, 0.5) is 0 Å². The van der Waals surface area contributed by atoms with Gasteiger partial charge in [-0.05, 0) is 55.2 Å². The molecular formula is C19H23Cl2NOS2. The Kier molecular flexibility index (Phi) is 5.53. The molecule has 1 aliphatic heterocycles. The first kappa shape index (κ1) is 18.3. The molecule has 1 saturated heterocycles. The van der Waals surface area contributed by atoms with Gasteiger partial charge in [0.2, 0.25) is 5.91 Å². The highest BCUT2D eigenvalue weighted by atomic mass is 35.5. The van der Waals surface area contributed by atoms with Gasteiger partial charge >= 0.3 is 0 Å². The molecule has 25 heavy (non-hydrogen) atoms. The van der Waals surface area contributed by atoms with Crippen LogP contribution in [0.2, 0.25) is 10.0 Å². The number of carbonyl (C=O) groups is 1. The molecule has 2 bridgehead atoms. The van der Waals surface area contributed by atoms with Crippen LogP contribution < -0.4 is 5.32 Å². The second kappa shape index (κ2) is 7.53. The third kappa shape index (κ3) is 3.56. The van der Waals surface area contributed by atoms with Crippen LogP contribution in [-0.4, -0.2) is 21.5 Å². The summed E-state index contributed by atoms with van der Waals surface area (Å²) in [6, 6.07) is 5.44. The Labute approximate surface area is 168 Å². The maximum absolute atomic E-state index is 12.8. The zero-order valence-corrected chi connectivity index (χ0v) is 17.2. The number of hydrogen-bond donors (Lipinski definition) is 1. The molecule has 1 heterocycles. The highest BCUT2D eigenvalue weighted by Crippen LogP contribution is 2.64. The largest absolute Gasteiger partial charge is 0.352 e. The molecule has 6 heteroatoms. The molecule has 136 valence electrons. The van der Waals surface area contributed by atoms with Crippen LogP contribution in [-0.2, 0) is 11.3 Å². The van der Waals surface area contributed by atoms with Gasteiger partial charge in [0, 0.05) is 34.0 Å². The summed E-state index contributed by atoms with van der Waals surface area (Å²) in [6.45, 7) is 0.481. The van der Waals surface area contributed by atoms with Crippen molar-refractivity contribution >= 4 is 52.6 Å². The fraction of sp³-hybridized carbons (Fsp3) is 0.632. The van der Waals surface area contributed by atoms with Crippen LogP contribution in [0.3, 0.4) is 0 Å². The second-order valence-electron chi connectivity index (χ2n) is 7.36. The minimum absolute atomic E-state index is 0.161. The Morgan fingerprint density at radius 3 is 2.48 bits per heavy atom. The molecule has 2 atom stereocenters. The fourth-order valence-corrected chi connectivity index (χ4v) is 9.23. The number of carbonyl (C=O) groups excluding carboxylic acids is 1. The van der Waals surface area contributed by atoms with Crippen molar-refractivity contribution in [3.8, 4) is 0 Å². The zero-order valence-electron chi connectivity index (χ0n) is 14.1. The Morgan fingerprint density at radius 1 is 1.16 bits per heavy atom. The Balaban J connectivity index is 1.40. The van der Waals surface area contributed by atoms with E-state index in [0.717, 1.165) is 18.4 Å². The van der Waals surface area contributed by atoms with Gasteiger partial charge in [0.1, 0.15) is 0 Å². The summed E-state index contributed by atoms with van der Waals surface area (Å²) in [6.07, 6.45) is 6.03. The standard InChI is InChI=1S/C19H23Cl2NOS2/c20-16-5-4-12(17(21)10-16)11-22-18(23)13-8-14-2-1-3-15(9-13)19(14)24-6-7-25-19/h4-5,10,13-15H,1-3,6-9,11H2,(H,22,23)/t14-,15-/m1/s1. The van der Waals surface area contributed by atoms with E-state index >= 15 is 0 Å². The highest BCUT2D eigenvalue weighted by Gasteiger charge is 2.55. The average Bonchev–Trinajstić information content (AvgIpc) is 3.03. The summed E-state index contributed by atoms with van der Waals surface area (Å²) in [5, 5.41) is 4.36. The first-order valence-corrected chi connectivity index (χ1v) is 11.8. The number of nitrogens with one attached hydrogen (secondary N) is 1. The molecule has 1 spiro atoms. The third-order valence-corrected chi connectivity index (χ3v) is 10.6. The van der Waals surface area contributed by atoms with E-state index in [2.05, 4.69) is 28.8 Å². The van der Waals surface area contributed by atoms with E-state index in [1.165, 1.54) is 30.8 Å². The monoisotopic (exact) mass is 415 g/mol. The lowest BCUT2D eigenvalue weighted by Crippen LogP contribution is -2.49. The SMILES string of the molecule is O=C(NCc1ccc(Cl)cc1Cl)C1C[C@H]2CCC[C@H](C1)C21SCCS1. The van der Waals surface area contributed by atoms with Gasteiger partial charge in [-0.25, -0.2) is 0 Å². The van der Waals surface area contributed by atoms with Crippen LogP contribution in [0, 0.1) is 17.8 Å². The van der Waals surface area contributed by atoms with E-state index < -0.39 is 0 Å². The predicted molar refractivity (Wildman–Crippen MR) is 110 cm³/mol. The van der Waals surface area contributed by atoms with E-state index in [1.807, 2.05) is 12.1 Å². The van der Waals surface area contributed by atoms with Crippen molar-refractivity contribution in [1.29, 1.82) is 0 Å². The molecule has 1 aromatic rings. The summed E-state index contributed by atoms with van der Waals surface area (Å²) in [5.41, 5.74) is 0.925. The molecular weight excluding hydrogens is 393 g/mol. The van der Waals surface area contributed by atoms with Crippen molar-refractivity contribution < 1.29 is 4.79 Å². The number of amides is 1. The molecule has 0 aromatic heterocycles. The summed E-state index contributed by atoms with van der Waals surface area (Å²) >= 11 is 16.5. The first-order chi connectivity index (χ1) is 12.1. The normalized spacial score (nSPS) is 30.4. The van der Waals surface area contributed by atoms with E-state index in [4.69, 9.17) is 23.2 Å². The van der Waals surface area contributed by atoms with Crippen molar-refractivity contribution in [2.75, 3.05) is 11.5 Å². The van der Waals surface area contributed by atoms with Gasteiger partial charge in [0.15, 0.2) is 0 Å². The summed E-state index contributed by atoms with van der Waals surface area (Å²) in [4.78, 5) is 12.8. The van der Waals surface area contributed by atoms with Crippen LogP contribution in [0.1, 0.15) is 37.7 Å². The second-order valence-corrected chi connectivity index (χ2v) is 11.2. The quantitative estimate of drug-likeness (QED) is 0.694. The van der Waals surface area contributed by atoms with Crippen LogP contribution in [0.15, 0.2) is 18.2 Å². The minimum Gasteiger partial charge on any atom is -0.352 e. The van der Waals surface area contributed by atoms with Crippen LogP contribution in [0.25, 0.3) is 0 Å². The van der Waals surface area contributed by atoms with Gasteiger partial charge in [0.05, 0.1) is 4.08 Å². The first-order valence-electron chi connectivity index (χ1n) is 9.08. The minimum atomic E-state index is 0.161. The molecule has 4 rings (SSSR count). The molecule has 1 aromatic carbocycles. The van der Waals surface area contributed by atoms with Gasteiger partial charge in [-0.2, -0.15) is 0 Å². The van der Waals surface area contributed by atoms with Crippen molar-refractivity contribution in [2.45, 2.75) is 42.7 Å². The number of thioether (sulfide) groups is 2. The molecule has 1 N–H and O–H groups in total. The van der Waals surface area contributed by atoms with Crippen molar-refractivity contribution in [3.05, 3.63) is 33.8 Å². The third-order valence-electron chi connectivity index (χ3n) is 5.96. The maximum atomic E-state index is 12.8. The number of benzene rings is 1. The molecule has 1 amide bonds. The molecule has 3 aliphatic rings. The summed E-state index contributed by atoms with van der Waals surface area (Å²) in [5.74, 6) is 4.33. The summed E-state index contributed by atoms with van der Waals surface area (Å²) < 4.78 is 0.425. The maximum Gasteiger partial charge on any atom is 0.223 e. The molecule has 3 fully saturated rings. The molecule has 0 unspecified atom stereocenters. The lowest BCUT2D eigenvalue weighted by Gasteiger charge is -2.52. The van der Waals surface area contributed by atoms with E-state index in [-0.39, 0.29) is 11.8 Å². The predicted octanol–water partition coefficient (Wildman–Crippen LogP) is 5.61. The number of hydrogen-bond acceptors (Lipinski definition) is 3. The molecule has 2 aliphatic carbocycles. The zero-order chi connectivity index (χ0) is 17.4. The van der Waals surface area contributed by atoms with Gasteiger partial charge in [-0.1, -0.05) is 35.7 Å². The van der Waals surface area contributed by atoms with E-state index in [1.54, 1.807) is 6.07 Å². The Bertz CT molecular complexity index is 647. The molecule has 2 saturated carbocycles.